The molecule has 0 aliphatic heterocycles. The van der Waals surface area contributed by atoms with Crippen LogP contribution in [0.2, 0.25) is 0 Å². The molecule has 1 heterocycles. The summed E-state index contributed by atoms with van der Waals surface area (Å²) in [5.41, 5.74) is 6.61. The van der Waals surface area contributed by atoms with E-state index in [1.807, 2.05) is 0 Å². The van der Waals surface area contributed by atoms with Gasteiger partial charge in [-0.1, -0.05) is 6.07 Å². The highest BCUT2D eigenvalue weighted by molar-refractivity contribution is 5.94. The van der Waals surface area contributed by atoms with Crippen molar-refractivity contribution in [1.82, 2.24) is 10.3 Å². The third kappa shape index (κ3) is 5.31. The molecule has 0 radical (unpaired) electrons. The molecule has 3 N–H and O–H groups in total. The molecule has 0 spiro atoms. The molecule has 0 saturated carbocycles. The summed E-state index contributed by atoms with van der Waals surface area (Å²) < 4.78 is 43.1. The normalized spacial score (nSPS) is 11.4. The highest BCUT2D eigenvalue weighted by Gasteiger charge is 2.24. The maximum absolute atomic E-state index is 13.8. The Morgan fingerprint density at radius 3 is 2.48 bits per heavy atom. The summed E-state index contributed by atoms with van der Waals surface area (Å²) in [4.78, 5) is 16.9. The van der Waals surface area contributed by atoms with Crippen molar-refractivity contribution in [2.45, 2.75) is 19.5 Å². The molecule has 166 valence electrons. The third-order valence-corrected chi connectivity index (χ3v) is 4.37. The lowest BCUT2D eigenvalue weighted by molar-refractivity contribution is 0.0943. The van der Waals surface area contributed by atoms with Crippen molar-refractivity contribution in [2.24, 2.45) is 5.73 Å². The van der Waals surface area contributed by atoms with Crippen molar-refractivity contribution >= 4 is 18.3 Å². The van der Waals surface area contributed by atoms with Gasteiger partial charge in [-0.15, -0.1) is 12.4 Å². The van der Waals surface area contributed by atoms with E-state index in [1.54, 1.807) is 25.1 Å². The molecule has 3 rings (SSSR count). The number of carbonyl (C=O) groups excluding carboxylic acids is 1. The Kier molecular flexibility index (Phi) is 7.95. The van der Waals surface area contributed by atoms with Gasteiger partial charge in [0.05, 0.1) is 20.3 Å². The molecule has 0 aliphatic rings. The molecule has 0 unspecified atom stereocenters. The maximum atomic E-state index is 13.8. The summed E-state index contributed by atoms with van der Waals surface area (Å²) in [6.45, 7) is 1.50. The topological polar surface area (TPSA) is 99.6 Å². The molecule has 1 amide bonds. The van der Waals surface area contributed by atoms with Gasteiger partial charge in [-0.2, -0.15) is 0 Å². The number of rotatable bonds is 7. The minimum absolute atomic E-state index is 0. The predicted molar refractivity (Wildman–Crippen MR) is 112 cm³/mol. The van der Waals surface area contributed by atoms with Gasteiger partial charge < -0.3 is 24.9 Å². The number of nitrogens with one attached hydrogen (secondary N) is 1. The van der Waals surface area contributed by atoms with E-state index in [0.29, 0.717) is 17.1 Å². The van der Waals surface area contributed by atoms with E-state index < -0.39 is 23.6 Å². The van der Waals surface area contributed by atoms with Crippen molar-refractivity contribution < 1.29 is 27.5 Å². The molecular formula is C21H22ClF2N3O4. The number of halogens is 3. The van der Waals surface area contributed by atoms with Crippen LogP contribution in [0.15, 0.2) is 40.8 Å². The molecule has 10 heteroatoms. The van der Waals surface area contributed by atoms with E-state index in [2.05, 4.69) is 10.3 Å². The molecule has 1 aromatic heterocycles. The first-order valence-electron chi connectivity index (χ1n) is 9.04. The minimum atomic E-state index is -0.756. The zero-order valence-electron chi connectivity index (χ0n) is 17.1. The van der Waals surface area contributed by atoms with Crippen LogP contribution < -0.4 is 20.5 Å². The van der Waals surface area contributed by atoms with Crippen LogP contribution in [-0.2, 0) is 6.54 Å². The number of carbonyl (C=O) groups is 1. The molecule has 2 aromatic carbocycles. The largest absolute Gasteiger partial charge is 0.493 e. The molecule has 0 fully saturated rings. The van der Waals surface area contributed by atoms with Gasteiger partial charge in [-0.25, -0.2) is 13.8 Å². The smallest absolute Gasteiger partial charge is 0.273 e. The van der Waals surface area contributed by atoms with Gasteiger partial charge in [-0.3, -0.25) is 4.79 Å². The Morgan fingerprint density at radius 2 is 1.87 bits per heavy atom. The number of ether oxygens (including phenoxy) is 2. The number of methoxy groups -OCH3 is 2. The Morgan fingerprint density at radius 1 is 1.16 bits per heavy atom. The third-order valence-electron chi connectivity index (χ3n) is 4.37. The maximum Gasteiger partial charge on any atom is 0.273 e. The van der Waals surface area contributed by atoms with Gasteiger partial charge in [0.15, 0.2) is 23.0 Å². The molecule has 31 heavy (non-hydrogen) atoms. The van der Waals surface area contributed by atoms with E-state index in [-0.39, 0.29) is 41.9 Å². The highest BCUT2D eigenvalue weighted by Crippen LogP contribution is 2.33. The van der Waals surface area contributed by atoms with Gasteiger partial charge in [0, 0.05) is 23.7 Å². The second-order valence-corrected chi connectivity index (χ2v) is 6.51. The number of nitrogens with two attached hydrogens (primary N) is 1. The van der Waals surface area contributed by atoms with Crippen LogP contribution in [-0.4, -0.2) is 25.1 Å². The molecule has 0 bridgehead atoms. The lowest BCUT2D eigenvalue weighted by Gasteiger charge is -2.07. The first-order valence-corrected chi connectivity index (χ1v) is 9.04. The predicted octanol–water partition coefficient (Wildman–Crippen LogP) is 4.01. The molecular weight excluding hydrogens is 432 g/mol. The number of oxazole rings is 1. The van der Waals surface area contributed by atoms with Gasteiger partial charge in [-0.05, 0) is 31.2 Å². The van der Waals surface area contributed by atoms with Crippen molar-refractivity contribution in [1.29, 1.82) is 0 Å². The van der Waals surface area contributed by atoms with Crippen LogP contribution in [0.3, 0.4) is 0 Å². The first-order chi connectivity index (χ1) is 14.3. The monoisotopic (exact) mass is 453 g/mol. The number of nitrogens with zero attached hydrogens (tertiary/aromatic N) is 1. The van der Waals surface area contributed by atoms with Gasteiger partial charge >= 0.3 is 0 Å². The summed E-state index contributed by atoms with van der Waals surface area (Å²) in [6, 6.07) is 7.55. The number of benzene rings is 2. The SMILES string of the molecule is COc1ccc(-c2nc(C(=O)NCc3ccc(F)cc3F)c([C@H](C)N)o2)cc1OC.Cl. The Labute approximate surface area is 184 Å². The van der Waals surface area contributed by atoms with Gasteiger partial charge in [0.2, 0.25) is 5.89 Å². The quantitative estimate of drug-likeness (QED) is 0.560. The Bertz CT molecular complexity index is 1070. The first kappa shape index (κ1) is 24.1. The fraction of sp³-hybridized carbons (Fsp3) is 0.238. The molecule has 0 aliphatic carbocycles. The van der Waals surface area contributed by atoms with Crippen LogP contribution in [0.25, 0.3) is 11.5 Å². The fourth-order valence-corrected chi connectivity index (χ4v) is 2.82. The van der Waals surface area contributed by atoms with Crippen molar-refractivity contribution in [2.75, 3.05) is 14.2 Å². The summed E-state index contributed by atoms with van der Waals surface area (Å²) in [5, 5.41) is 2.55. The zero-order valence-corrected chi connectivity index (χ0v) is 17.9. The van der Waals surface area contributed by atoms with Crippen LogP contribution in [0.1, 0.15) is 34.8 Å². The molecule has 7 nitrogen and oxygen atoms in total. The lowest BCUT2D eigenvalue weighted by atomic mass is 10.2. The molecule has 0 saturated heterocycles. The molecule has 1 atom stereocenters. The lowest BCUT2D eigenvalue weighted by Crippen LogP contribution is -2.25. The summed E-state index contributed by atoms with van der Waals surface area (Å²) in [6.07, 6.45) is 0. The van der Waals surface area contributed by atoms with E-state index in [1.165, 1.54) is 20.3 Å². The van der Waals surface area contributed by atoms with Crippen LogP contribution >= 0.6 is 12.4 Å². The summed E-state index contributed by atoms with van der Waals surface area (Å²) >= 11 is 0. The van der Waals surface area contributed by atoms with Crippen molar-refractivity contribution in [3.63, 3.8) is 0 Å². The van der Waals surface area contributed by atoms with E-state index in [0.717, 1.165) is 12.1 Å². The van der Waals surface area contributed by atoms with Crippen molar-refractivity contribution in [3.8, 4) is 23.0 Å². The number of amides is 1. The second-order valence-electron chi connectivity index (χ2n) is 6.51. The Balaban J connectivity index is 0.00000341. The number of aromatic nitrogens is 1. The van der Waals surface area contributed by atoms with Gasteiger partial charge in [0.25, 0.3) is 5.91 Å². The average molecular weight is 454 g/mol. The van der Waals surface area contributed by atoms with Gasteiger partial charge in [0.1, 0.15) is 11.6 Å². The van der Waals surface area contributed by atoms with E-state index >= 15 is 0 Å². The number of hydrogen-bond donors (Lipinski definition) is 2. The van der Waals surface area contributed by atoms with Crippen LogP contribution in [0, 0.1) is 11.6 Å². The summed E-state index contributed by atoms with van der Waals surface area (Å²) in [7, 11) is 3.02. The molecule has 3 aromatic rings. The fourth-order valence-electron chi connectivity index (χ4n) is 2.82. The van der Waals surface area contributed by atoms with E-state index in [4.69, 9.17) is 19.6 Å². The zero-order chi connectivity index (χ0) is 21.8. The Hall–Kier alpha value is -3.17. The standard InChI is InChI=1S/C21H21F2N3O4.ClH/c1-11(24)19-18(20(27)25-10-13-4-6-14(22)9-15(13)23)26-21(30-19)12-5-7-16(28-2)17(8-12)29-3;/h4-9,11H,10,24H2,1-3H3,(H,25,27);1H/t11-;/m0./s1. The highest BCUT2D eigenvalue weighted by atomic mass is 35.5. The number of hydrogen-bond acceptors (Lipinski definition) is 6. The summed E-state index contributed by atoms with van der Waals surface area (Å²) in [5.74, 6) is -0.709. The van der Waals surface area contributed by atoms with Crippen LogP contribution in [0.4, 0.5) is 8.78 Å². The van der Waals surface area contributed by atoms with Crippen LogP contribution in [0.5, 0.6) is 11.5 Å². The minimum Gasteiger partial charge on any atom is -0.493 e. The van der Waals surface area contributed by atoms with E-state index in [9.17, 15) is 13.6 Å². The van der Waals surface area contributed by atoms with Crippen molar-refractivity contribution in [3.05, 3.63) is 65.1 Å². The second kappa shape index (κ2) is 10.2. The average Bonchev–Trinajstić information content (AvgIpc) is 3.18.